The summed E-state index contributed by atoms with van der Waals surface area (Å²) in [6.07, 6.45) is 3.22. The molecule has 2 atom stereocenters. The molecule has 0 aliphatic rings. The number of carbonyl (C=O) groups is 2. The molecule has 2 amide bonds. The van der Waals surface area contributed by atoms with Gasteiger partial charge >= 0.3 is 12.0 Å². The third-order valence-corrected chi connectivity index (χ3v) is 4.81. The summed E-state index contributed by atoms with van der Waals surface area (Å²) in [7, 11) is 0. The van der Waals surface area contributed by atoms with Crippen molar-refractivity contribution in [2.45, 2.75) is 58.0 Å². The first-order valence-electron chi connectivity index (χ1n) is 10.7. The highest BCUT2D eigenvalue weighted by atomic mass is 16.5. The third-order valence-electron chi connectivity index (χ3n) is 4.81. The van der Waals surface area contributed by atoms with Gasteiger partial charge in [0.15, 0.2) is 0 Å². The molecule has 2 unspecified atom stereocenters. The molecule has 0 bridgehead atoms. The quantitative estimate of drug-likeness (QED) is 0.409. The molecule has 0 radical (unpaired) electrons. The van der Waals surface area contributed by atoms with Gasteiger partial charge in [0.25, 0.3) is 0 Å². The van der Waals surface area contributed by atoms with Gasteiger partial charge in [-0.1, -0.05) is 44.5 Å². The Bertz CT molecular complexity index is 821. The van der Waals surface area contributed by atoms with Crippen molar-refractivity contribution in [2.75, 3.05) is 6.61 Å². The molecule has 0 spiro atoms. The highest BCUT2D eigenvalue weighted by Crippen LogP contribution is 2.14. The van der Waals surface area contributed by atoms with E-state index in [0.717, 1.165) is 24.0 Å². The number of ether oxygens (including phenoxy) is 1. The number of hydrogen-bond acceptors (Lipinski definition) is 5. The maximum absolute atomic E-state index is 12.7. The molecular weight excluding hydrogens is 396 g/mol. The molecule has 2 rings (SSSR count). The average Bonchev–Trinajstić information content (AvgIpc) is 2.74. The van der Waals surface area contributed by atoms with Gasteiger partial charge in [-0.25, -0.2) is 9.59 Å². The summed E-state index contributed by atoms with van der Waals surface area (Å²) < 4.78 is 5.25. The zero-order chi connectivity index (χ0) is 22.6. The van der Waals surface area contributed by atoms with Gasteiger partial charge in [0.05, 0.1) is 6.61 Å². The standard InChI is InChI=1S/C24H32N2O5/c1-3-5-19(15-17-6-10-20(27)11-7-17)25-24(30)26-22(23(29)31-14-4-2)16-18-8-12-21(28)13-9-18/h6-13,19,22,27-28H,3-5,14-16H2,1-2H3,(H2,25,26,30). The van der Waals surface area contributed by atoms with Crippen LogP contribution in [0, 0.1) is 0 Å². The van der Waals surface area contributed by atoms with Crippen LogP contribution in [0.4, 0.5) is 4.79 Å². The van der Waals surface area contributed by atoms with E-state index in [1.54, 1.807) is 36.4 Å². The Morgan fingerprint density at radius 1 is 0.839 bits per heavy atom. The Morgan fingerprint density at radius 2 is 1.39 bits per heavy atom. The summed E-state index contributed by atoms with van der Waals surface area (Å²) >= 11 is 0. The average molecular weight is 429 g/mol. The van der Waals surface area contributed by atoms with Crippen LogP contribution in [-0.4, -0.2) is 40.9 Å². The van der Waals surface area contributed by atoms with Crippen LogP contribution >= 0.6 is 0 Å². The normalized spacial score (nSPS) is 12.6. The van der Waals surface area contributed by atoms with Crippen molar-refractivity contribution < 1.29 is 24.5 Å². The summed E-state index contributed by atoms with van der Waals surface area (Å²) in [5, 5.41) is 24.6. The Labute approximate surface area is 183 Å². The van der Waals surface area contributed by atoms with Crippen LogP contribution in [0.25, 0.3) is 0 Å². The van der Waals surface area contributed by atoms with E-state index in [2.05, 4.69) is 10.6 Å². The molecular formula is C24H32N2O5. The molecule has 0 heterocycles. The van der Waals surface area contributed by atoms with E-state index in [1.807, 2.05) is 26.0 Å². The number of amides is 2. The van der Waals surface area contributed by atoms with Gasteiger partial charge < -0.3 is 25.6 Å². The van der Waals surface area contributed by atoms with E-state index in [-0.39, 0.29) is 30.6 Å². The molecule has 31 heavy (non-hydrogen) atoms. The first-order valence-corrected chi connectivity index (χ1v) is 10.7. The summed E-state index contributed by atoms with van der Waals surface area (Å²) in [4.78, 5) is 25.2. The van der Waals surface area contributed by atoms with Crippen molar-refractivity contribution in [3.05, 3.63) is 59.7 Å². The lowest BCUT2D eigenvalue weighted by atomic mass is 10.0. The van der Waals surface area contributed by atoms with Crippen LogP contribution < -0.4 is 10.6 Å². The van der Waals surface area contributed by atoms with E-state index in [1.165, 1.54) is 0 Å². The lowest BCUT2D eigenvalue weighted by Gasteiger charge is -2.22. The fraction of sp³-hybridized carbons (Fsp3) is 0.417. The molecule has 2 aromatic rings. The SMILES string of the molecule is CCCOC(=O)C(Cc1ccc(O)cc1)NC(=O)NC(CCC)Cc1ccc(O)cc1. The van der Waals surface area contributed by atoms with E-state index in [0.29, 0.717) is 12.8 Å². The maximum Gasteiger partial charge on any atom is 0.329 e. The minimum absolute atomic E-state index is 0.115. The number of esters is 1. The highest BCUT2D eigenvalue weighted by molar-refractivity contribution is 5.84. The molecule has 0 saturated heterocycles. The number of benzene rings is 2. The number of phenolic OH excluding ortho intramolecular Hbond substituents is 2. The maximum atomic E-state index is 12.7. The number of phenols is 2. The fourth-order valence-electron chi connectivity index (χ4n) is 3.24. The van der Waals surface area contributed by atoms with Crippen molar-refractivity contribution in [2.24, 2.45) is 0 Å². The fourth-order valence-corrected chi connectivity index (χ4v) is 3.24. The predicted molar refractivity (Wildman–Crippen MR) is 119 cm³/mol. The molecule has 4 N–H and O–H groups in total. The molecule has 0 aromatic heterocycles. The minimum atomic E-state index is -0.841. The number of urea groups is 1. The second kappa shape index (κ2) is 12.5. The summed E-state index contributed by atoms with van der Waals surface area (Å²) in [5.74, 6) is -0.156. The monoisotopic (exact) mass is 428 g/mol. The van der Waals surface area contributed by atoms with Crippen molar-refractivity contribution in [1.29, 1.82) is 0 Å². The van der Waals surface area contributed by atoms with Crippen LogP contribution in [0.2, 0.25) is 0 Å². The molecule has 0 aliphatic carbocycles. The summed E-state index contributed by atoms with van der Waals surface area (Å²) in [5.41, 5.74) is 1.80. The molecule has 7 nitrogen and oxygen atoms in total. The van der Waals surface area contributed by atoms with Gasteiger partial charge in [0, 0.05) is 12.5 Å². The van der Waals surface area contributed by atoms with Crippen molar-refractivity contribution in [3.63, 3.8) is 0 Å². The topological polar surface area (TPSA) is 108 Å². The Balaban J connectivity index is 2.03. The van der Waals surface area contributed by atoms with Gasteiger partial charge in [-0.15, -0.1) is 0 Å². The number of carbonyl (C=O) groups excluding carboxylic acids is 2. The van der Waals surface area contributed by atoms with Crippen LogP contribution in [0.1, 0.15) is 44.2 Å². The highest BCUT2D eigenvalue weighted by Gasteiger charge is 2.24. The zero-order valence-corrected chi connectivity index (χ0v) is 18.1. The van der Waals surface area contributed by atoms with E-state index in [4.69, 9.17) is 4.74 Å². The first kappa shape index (κ1) is 24.1. The molecule has 7 heteroatoms. The smallest absolute Gasteiger partial charge is 0.329 e. The zero-order valence-electron chi connectivity index (χ0n) is 18.1. The minimum Gasteiger partial charge on any atom is -0.508 e. The summed E-state index contributed by atoms with van der Waals surface area (Å²) in [6.45, 7) is 4.23. The number of rotatable bonds is 11. The van der Waals surface area contributed by atoms with Crippen LogP contribution in [0.3, 0.4) is 0 Å². The van der Waals surface area contributed by atoms with E-state index >= 15 is 0 Å². The number of nitrogens with one attached hydrogen (secondary N) is 2. The predicted octanol–water partition coefficient (Wildman–Crippen LogP) is 3.67. The molecule has 168 valence electrons. The van der Waals surface area contributed by atoms with Gasteiger partial charge in [-0.2, -0.15) is 0 Å². The van der Waals surface area contributed by atoms with Crippen molar-refractivity contribution >= 4 is 12.0 Å². The third kappa shape index (κ3) is 8.58. The largest absolute Gasteiger partial charge is 0.508 e. The molecule has 2 aromatic carbocycles. The molecule has 0 aliphatic heterocycles. The Morgan fingerprint density at radius 3 is 1.90 bits per heavy atom. The Hall–Kier alpha value is -3.22. The first-order chi connectivity index (χ1) is 14.9. The molecule has 0 saturated carbocycles. The lowest BCUT2D eigenvalue weighted by Crippen LogP contribution is -2.50. The second-order valence-corrected chi connectivity index (χ2v) is 7.56. The van der Waals surface area contributed by atoms with Gasteiger partial charge in [0.2, 0.25) is 0 Å². The second-order valence-electron chi connectivity index (χ2n) is 7.56. The van der Waals surface area contributed by atoms with E-state index in [9.17, 15) is 19.8 Å². The molecule has 0 fully saturated rings. The van der Waals surface area contributed by atoms with Crippen molar-refractivity contribution in [1.82, 2.24) is 10.6 Å². The summed E-state index contributed by atoms with van der Waals surface area (Å²) in [6, 6.07) is 12.0. The van der Waals surface area contributed by atoms with Crippen LogP contribution in [0.15, 0.2) is 48.5 Å². The van der Waals surface area contributed by atoms with Gasteiger partial charge in [0.1, 0.15) is 17.5 Å². The van der Waals surface area contributed by atoms with Gasteiger partial charge in [-0.3, -0.25) is 0 Å². The number of hydrogen-bond donors (Lipinski definition) is 4. The Kier molecular flexibility index (Phi) is 9.68. The van der Waals surface area contributed by atoms with Gasteiger partial charge in [-0.05, 0) is 54.7 Å². The van der Waals surface area contributed by atoms with E-state index < -0.39 is 18.0 Å². The number of aromatic hydroxyl groups is 2. The van der Waals surface area contributed by atoms with Crippen molar-refractivity contribution in [3.8, 4) is 11.5 Å². The van der Waals surface area contributed by atoms with Crippen LogP contribution in [-0.2, 0) is 22.4 Å². The van der Waals surface area contributed by atoms with Crippen LogP contribution in [0.5, 0.6) is 11.5 Å². The lowest BCUT2D eigenvalue weighted by molar-refractivity contribution is -0.145.